The van der Waals surface area contributed by atoms with Crippen LogP contribution in [-0.2, 0) is 15.0 Å². The molecule has 0 radical (unpaired) electrons. The van der Waals surface area contributed by atoms with Crippen LogP contribution in [0.25, 0.3) is 0 Å². The monoisotopic (exact) mass is 287 g/mol. The molecular formula is C17H21NO3. The number of carbonyl (C=O) groups excluding carboxylic acids is 1. The van der Waals surface area contributed by atoms with Gasteiger partial charge >= 0.3 is 5.97 Å². The molecule has 0 saturated heterocycles. The first kappa shape index (κ1) is 15.3. The Bertz CT molecular complexity index is 567. The predicted octanol–water partition coefficient (Wildman–Crippen LogP) is 3.12. The normalized spacial score (nSPS) is 20.4. The summed E-state index contributed by atoms with van der Waals surface area (Å²) in [5, 5.41) is 8.93. The third-order valence-electron chi connectivity index (χ3n) is 4.14. The van der Waals surface area contributed by atoms with Crippen molar-refractivity contribution in [3.63, 3.8) is 0 Å². The second kappa shape index (κ2) is 6.12. The predicted molar refractivity (Wildman–Crippen MR) is 82.4 cm³/mol. The van der Waals surface area contributed by atoms with Crippen molar-refractivity contribution < 1.29 is 14.7 Å². The van der Waals surface area contributed by atoms with Crippen molar-refractivity contribution >= 4 is 17.6 Å². The Labute approximate surface area is 125 Å². The van der Waals surface area contributed by atoms with E-state index in [9.17, 15) is 9.59 Å². The molecule has 1 heterocycles. The lowest BCUT2D eigenvalue weighted by molar-refractivity contribution is -0.137. The molecule has 0 aromatic heterocycles. The number of nitrogens with zero attached hydrogens (tertiary/aromatic N) is 1. The highest BCUT2D eigenvalue weighted by atomic mass is 16.4. The standard InChI is InChI=1S/C17H21NO3/c1-3-4-7-12-18-14-9-6-5-8-13(14)17(2,16(18)21)11-10-15(19)20/h3,5-6,8-9H,1,4,7,10-12H2,2H3,(H,19,20)/t17-/m0/s1. The van der Waals surface area contributed by atoms with E-state index in [1.165, 1.54) is 0 Å². The van der Waals surface area contributed by atoms with Gasteiger partial charge in [0.05, 0.1) is 5.41 Å². The van der Waals surface area contributed by atoms with Crippen LogP contribution in [0.15, 0.2) is 36.9 Å². The van der Waals surface area contributed by atoms with Crippen LogP contribution in [0.1, 0.15) is 38.2 Å². The number of fused-ring (bicyclic) bond motifs is 1. The maximum atomic E-state index is 12.8. The molecule has 1 atom stereocenters. The van der Waals surface area contributed by atoms with Gasteiger partial charge in [-0.15, -0.1) is 6.58 Å². The van der Waals surface area contributed by atoms with E-state index >= 15 is 0 Å². The quantitative estimate of drug-likeness (QED) is 0.619. The fourth-order valence-corrected chi connectivity index (χ4v) is 2.91. The number of carboxylic acid groups (broad SMARTS) is 1. The number of rotatable bonds is 7. The molecule has 1 aromatic rings. The van der Waals surface area contributed by atoms with Gasteiger partial charge in [-0.25, -0.2) is 0 Å². The summed E-state index contributed by atoms with van der Waals surface area (Å²) in [5.41, 5.74) is 1.12. The topological polar surface area (TPSA) is 57.6 Å². The Balaban J connectivity index is 2.29. The zero-order valence-electron chi connectivity index (χ0n) is 12.3. The number of carboxylic acids is 1. The second-order valence-electron chi connectivity index (χ2n) is 5.63. The van der Waals surface area contributed by atoms with E-state index in [1.807, 2.05) is 37.3 Å². The lowest BCUT2D eigenvalue weighted by Gasteiger charge is -2.23. The van der Waals surface area contributed by atoms with Gasteiger partial charge in [-0.2, -0.15) is 0 Å². The number of amides is 1. The molecule has 1 aromatic carbocycles. The highest BCUT2D eigenvalue weighted by molar-refractivity contribution is 6.08. The molecule has 2 rings (SSSR count). The molecule has 0 fully saturated rings. The second-order valence-corrected chi connectivity index (χ2v) is 5.63. The van der Waals surface area contributed by atoms with Crippen molar-refractivity contribution in [2.24, 2.45) is 0 Å². The first-order chi connectivity index (χ1) is 10.0. The third-order valence-corrected chi connectivity index (χ3v) is 4.14. The summed E-state index contributed by atoms with van der Waals surface area (Å²) in [6.45, 7) is 6.19. The minimum atomic E-state index is -0.869. The van der Waals surface area contributed by atoms with Crippen LogP contribution in [-0.4, -0.2) is 23.5 Å². The van der Waals surface area contributed by atoms with Crippen LogP contribution in [0.4, 0.5) is 5.69 Å². The molecule has 1 aliphatic rings. The van der Waals surface area contributed by atoms with Crippen LogP contribution in [0, 0.1) is 0 Å². The minimum Gasteiger partial charge on any atom is -0.481 e. The smallest absolute Gasteiger partial charge is 0.303 e. The summed E-state index contributed by atoms with van der Waals surface area (Å²) >= 11 is 0. The average Bonchev–Trinajstić information content (AvgIpc) is 2.68. The average molecular weight is 287 g/mol. The van der Waals surface area contributed by atoms with Crippen molar-refractivity contribution in [1.82, 2.24) is 0 Å². The van der Waals surface area contributed by atoms with Crippen molar-refractivity contribution in [3.8, 4) is 0 Å². The minimum absolute atomic E-state index is 0.00290. The Hall–Kier alpha value is -2.10. The number of hydrogen-bond acceptors (Lipinski definition) is 2. The summed E-state index contributed by atoms with van der Waals surface area (Å²) in [6.07, 6.45) is 3.89. The van der Waals surface area contributed by atoms with Crippen molar-refractivity contribution in [3.05, 3.63) is 42.5 Å². The summed E-state index contributed by atoms with van der Waals surface area (Å²) in [5.74, 6) is -0.861. The molecule has 4 nitrogen and oxygen atoms in total. The fourth-order valence-electron chi connectivity index (χ4n) is 2.91. The lowest BCUT2D eigenvalue weighted by Crippen LogP contribution is -2.39. The Morgan fingerprint density at radius 1 is 1.43 bits per heavy atom. The van der Waals surface area contributed by atoms with E-state index < -0.39 is 11.4 Å². The Kier molecular flexibility index (Phi) is 4.46. The number of aliphatic carboxylic acids is 1. The molecule has 0 saturated carbocycles. The molecule has 0 unspecified atom stereocenters. The van der Waals surface area contributed by atoms with E-state index in [1.54, 1.807) is 4.90 Å². The van der Waals surface area contributed by atoms with E-state index in [0.717, 1.165) is 24.1 Å². The number of para-hydroxylation sites is 1. The molecule has 0 bridgehead atoms. The van der Waals surface area contributed by atoms with Crippen LogP contribution in [0.2, 0.25) is 0 Å². The number of benzene rings is 1. The van der Waals surface area contributed by atoms with Gasteiger partial charge in [0.25, 0.3) is 0 Å². The van der Waals surface area contributed by atoms with E-state index in [2.05, 4.69) is 6.58 Å². The van der Waals surface area contributed by atoms with Gasteiger partial charge in [0.2, 0.25) is 5.91 Å². The molecular weight excluding hydrogens is 266 g/mol. The van der Waals surface area contributed by atoms with Crippen molar-refractivity contribution in [2.75, 3.05) is 11.4 Å². The van der Waals surface area contributed by atoms with E-state index in [0.29, 0.717) is 13.0 Å². The van der Waals surface area contributed by atoms with Gasteiger partial charge in [-0.1, -0.05) is 24.3 Å². The number of allylic oxidation sites excluding steroid dienone is 1. The summed E-state index contributed by atoms with van der Waals surface area (Å²) < 4.78 is 0. The van der Waals surface area contributed by atoms with Gasteiger partial charge in [0.1, 0.15) is 0 Å². The van der Waals surface area contributed by atoms with Gasteiger partial charge < -0.3 is 10.0 Å². The summed E-state index contributed by atoms with van der Waals surface area (Å²) in [7, 11) is 0. The molecule has 21 heavy (non-hydrogen) atoms. The van der Waals surface area contributed by atoms with Gasteiger partial charge in [0.15, 0.2) is 0 Å². The zero-order chi connectivity index (χ0) is 15.5. The van der Waals surface area contributed by atoms with Crippen LogP contribution in [0.5, 0.6) is 0 Å². The van der Waals surface area contributed by atoms with E-state index in [4.69, 9.17) is 5.11 Å². The summed E-state index contributed by atoms with van der Waals surface area (Å²) in [4.78, 5) is 25.5. The van der Waals surface area contributed by atoms with Gasteiger partial charge in [-0.3, -0.25) is 9.59 Å². The highest BCUT2D eigenvalue weighted by Gasteiger charge is 2.46. The van der Waals surface area contributed by atoms with Crippen LogP contribution < -0.4 is 4.90 Å². The Morgan fingerprint density at radius 2 is 2.14 bits per heavy atom. The number of carbonyl (C=O) groups is 2. The number of anilines is 1. The number of unbranched alkanes of at least 4 members (excludes halogenated alkanes) is 1. The maximum Gasteiger partial charge on any atom is 0.303 e. The van der Waals surface area contributed by atoms with E-state index in [-0.39, 0.29) is 12.3 Å². The molecule has 1 N–H and O–H groups in total. The molecule has 4 heteroatoms. The third kappa shape index (κ3) is 2.84. The molecule has 0 aliphatic carbocycles. The number of hydrogen-bond donors (Lipinski definition) is 1. The molecule has 0 spiro atoms. The lowest BCUT2D eigenvalue weighted by atomic mass is 9.79. The first-order valence-electron chi connectivity index (χ1n) is 7.25. The van der Waals surface area contributed by atoms with Crippen LogP contribution in [0.3, 0.4) is 0 Å². The first-order valence-corrected chi connectivity index (χ1v) is 7.25. The fraction of sp³-hybridized carbons (Fsp3) is 0.412. The van der Waals surface area contributed by atoms with Gasteiger partial charge in [0, 0.05) is 18.7 Å². The zero-order valence-corrected chi connectivity index (χ0v) is 12.3. The maximum absolute atomic E-state index is 12.8. The van der Waals surface area contributed by atoms with Gasteiger partial charge in [-0.05, 0) is 37.8 Å². The molecule has 112 valence electrons. The van der Waals surface area contributed by atoms with Crippen molar-refractivity contribution in [2.45, 2.75) is 38.0 Å². The summed E-state index contributed by atoms with van der Waals surface area (Å²) in [6, 6.07) is 7.68. The SMILES string of the molecule is C=CCCCN1C(=O)[C@@](C)(CCC(=O)O)c2ccccc21. The van der Waals surface area contributed by atoms with Crippen LogP contribution >= 0.6 is 0 Å². The molecule has 1 amide bonds. The van der Waals surface area contributed by atoms with Crippen molar-refractivity contribution in [1.29, 1.82) is 0 Å². The Morgan fingerprint density at radius 3 is 2.81 bits per heavy atom. The largest absolute Gasteiger partial charge is 0.481 e. The molecule has 1 aliphatic heterocycles. The highest BCUT2D eigenvalue weighted by Crippen LogP contribution is 2.44.